The molecule has 3 aromatic rings. The number of aromatic nitrogens is 1. The summed E-state index contributed by atoms with van der Waals surface area (Å²) in [5.41, 5.74) is 3.96. The van der Waals surface area contributed by atoms with Gasteiger partial charge in [0.15, 0.2) is 11.0 Å². The number of nitrogens with zero attached hydrogens (tertiary/aromatic N) is 2. The molecule has 7 heteroatoms. The number of carboxylic acids is 1. The minimum atomic E-state index is -1.50. The molecule has 1 atom stereocenters. The lowest BCUT2D eigenvalue weighted by Gasteiger charge is -2.27. The fourth-order valence-corrected chi connectivity index (χ4v) is 4.47. The molecule has 0 aliphatic carbocycles. The van der Waals surface area contributed by atoms with Crippen molar-refractivity contribution in [1.82, 2.24) is 4.98 Å². The Kier molecular flexibility index (Phi) is 7.64. The standard InChI is InChI=1S/C25H28N2O4S/c1-17(2)15-27(32(30)24-7-5-6-12-26-24)22-13-18(3)19(4)14-23(22)31-16-20-8-10-21(11-9-20)25(28)29/h5-14,17H,15-16H2,1-4H3,(H,28,29). The number of benzene rings is 2. The Bertz CT molecular complexity index is 1100. The zero-order valence-electron chi connectivity index (χ0n) is 18.7. The molecule has 0 aliphatic heterocycles. The Balaban J connectivity index is 1.95. The van der Waals surface area contributed by atoms with Gasteiger partial charge in [-0.15, -0.1) is 0 Å². The normalized spacial score (nSPS) is 11.9. The van der Waals surface area contributed by atoms with E-state index < -0.39 is 17.0 Å². The van der Waals surface area contributed by atoms with Crippen molar-refractivity contribution in [2.45, 2.75) is 39.3 Å². The van der Waals surface area contributed by atoms with Gasteiger partial charge in [-0.05, 0) is 72.9 Å². The highest BCUT2D eigenvalue weighted by Crippen LogP contribution is 2.35. The third-order valence-corrected chi connectivity index (χ3v) is 6.33. The van der Waals surface area contributed by atoms with Crippen LogP contribution >= 0.6 is 0 Å². The van der Waals surface area contributed by atoms with Gasteiger partial charge in [0.2, 0.25) is 0 Å². The van der Waals surface area contributed by atoms with E-state index in [1.165, 1.54) is 0 Å². The highest BCUT2D eigenvalue weighted by atomic mass is 32.2. The summed E-state index contributed by atoms with van der Waals surface area (Å²) >= 11 is 0. The molecule has 1 unspecified atom stereocenters. The predicted molar refractivity (Wildman–Crippen MR) is 126 cm³/mol. The smallest absolute Gasteiger partial charge is 0.335 e. The average molecular weight is 453 g/mol. The molecule has 1 heterocycles. The zero-order valence-corrected chi connectivity index (χ0v) is 19.6. The summed E-state index contributed by atoms with van der Waals surface area (Å²) in [6.07, 6.45) is 1.64. The average Bonchev–Trinajstić information content (AvgIpc) is 2.78. The Morgan fingerprint density at radius 2 is 1.78 bits per heavy atom. The van der Waals surface area contributed by atoms with E-state index in [-0.39, 0.29) is 18.1 Å². The highest BCUT2D eigenvalue weighted by Gasteiger charge is 2.23. The summed E-state index contributed by atoms with van der Waals surface area (Å²) in [4.78, 5) is 15.4. The van der Waals surface area contributed by atoms with Crippen molar-refractivity contribution < 1.29 is 18.8 Å². The van der Waals surface area contributed by atoms with E-state index in [0.29, 0.717) is 17.3 Å². The molecule has 32 heavy (non-hydrogen) atoms. The summed E-state index contributed by atoms with van der Waals surface area (Å²) in [7, 11) is -1.50. The maximum atomic E-state index is 13.5. The molecule has 1 N–H and O–H groups in total. The second-order valence-corrected chi connectivity index (χ2v) is 9.42. The summed E-state index contributed by atoms with van der Waals surface area (Å²) in [5, 5.41) is 9.57. The quantitative estimate of drug-likeness (QED) is 0.485. The topological polar surface area (TPSA) is 79.7 Å². The van der Waals surface area contributed by atoms with E-state index in [9.17, 15) is 9.00 Å². The lowest BCUT2D eigenvalue weighted by atomic mass is 10.1. The van der Waals surface area contributed by atoms with Crippen molar-refractivity contribution in [3.63, 3.8) is 0 Å². The van der Waals surface area contributed by atoms with Gasteiger partial charge in [-0.2, -0.15) is 0 Å². The molecule has 0 saturated heterocycles. The van der Waals surface area contributed by atoms with Gasteiger partial charge >= 0.3 is 5.97 Å². The molecule has 0 aliphatic rings. The first-order chi connectivity index (χ1) is 15.3. The van der Waals surface area contributed by atoms with Crippen molar-refractivity contribution in [1.29, 1.82) is 0 Å². The summed E-state index contributed by atoms with van der Waals surface area (Å²) in [5.74, 6) is -0.0729. The van der Waals surface area contributed by atoms with Crippen molar-refractivity contribution in [3.05, 3.63) is 83.0 Å². The van der Waals surface area contributed by atoms with Gasteiger partial charge in [-0.1, -0.05) is 32.0 Å². The largest absolute Gasteiger partial charge is 0.487 e. The Morgan fingerprint density at radius 1 is 1.09 bits per heavy atom. The van der Waals surface area contributed by atoms with Crippen LogP contribution in [0.4, 0.5) is 5.69 Å². The second kappa shape index (κ2) is 10.4. The number of ether oxygens (including phenoxy) is 1. The lowest BCUT2D eigenvalue weighted by Crippen LogP contribution is -2.31. The van der Waals surface area contributed by atoms with Gasteiger partial charge in [0.05, 0.1) is 11.3 Å². The summed E-state index contributed by atoms with van der Waals surface area (Å²) in [6.45, 7) is 9.01. The summed E-state index contributed by atoms with van der Waals surface area (Å²) < 4.78 is 21.5. The van der Waals surface area contributed by atoms with E-state index >= 15 is 0 Å². The third kappa shape index (κ3) is 5.73. The van der Waals surface area contributed by atoms with Crippen LogP contribution in [0.15, 0.2) is 65.8 Å². The fourth-order valence-electron chi connectivity index (χ4n) is 3.14. The number of aromatic carboxylic acids is 1. The maximum absolute atomic E-state index is 13.5. The van der Waals surface area contributed by atoms with Crippen LogP contribution < -0.4 is 9.04 Å². The first-order valence-electron chi connectivity index (χ1n) is 10.4. The molecule has 0 spiro atoms. The van der Waals surface area contributed by atoms with Gasteiger partial charge in [-0.3, -0.25) is 4.31 Å². The fraction of sp³-hybridized carbons (Fsp3) is 0.280. The third-order valence-electron chi connectivity index (χ3n) is 4.99. The summed E-state index contributed by atoms with van der Waals surface area (Å²) in [6, 6.07) is 15.9. The van der Waals surface area contributed by atoms with Gasteiger partial charge in [-0.25, -0.2) is 14.0 Å². The van der Waals surface area contributed by atoms with Gasteiger partial charge in [0, 0.05) is 12.7 Å². The second-order valence-electron chi connectivity index (χ2n) is 8.07. The van der Waals surface area contributed by atoms with Crippen molar-refractivity contribution >= 4 is 22.6 Å². The molecule has 168 valence electrons. The first-order valence-corrected chi connectivity index (χ1v) is 11.5. The Labute approximate surface area is 191 Å². The molecule has 0 radical (unpaired) electrons. The Morgan fingerprint density at radius 3 is 2.38 bits per heavy atom. The number of pyridine rings is 1. The maximum Gasteiger partial charge on any atom is 0.335 e. The number of carboxylic acid groups (broad SMARTS) is 1. The molecule has 2 aromatic carbocycles. The molecular formula is C25H28N2O4S. The van der Waals surface area contributed by atoms with E-state index in [1.807, 2.05) is 36.4 Å². The predicted octanol–water partition coefficient (Wildman–Crippen LogP) is 5.16. The number of aryl methyl sites for hydroxylation is 2. The minimum absolute atomic E-state index is 0.231. The lowest BCUT2D eigenvalue weighted by molar-refractivity contribution is 0.0697. The molecule has 3 rings (SSSR count). The highest BCUT2D eigenvalue weighted by molar-refractivity contribution is 7.86. The molecular weight excluding hydrogens is 424 g/mol. The van der Waals surface area contributed by atoms with Crippen LogP contribution in [0, 0.1) is 19.8 Å². The van der Waals surface area contributed by atoms with Crippen LogP contribution in [-0.4, -0.2) is 26.8 Å². The number of hydrogen-bond donors (Lipinski definition) is 1. The Hall–Kier alpha value is -3.19. The van der Waals surface area contributed by atoms with Crippen LogP contribution in [-0.2, 0) is 17.6 Å². The zero-order chi connectivity index (χ0) is 23.3. The molecule has 0 fully saturated rings. The van der Waals surface area contributed by atoms with Crippen LogP contribution in [0.5, 0.6) is 5.75 Å². The monoisotopic (exact) mass is 452 g/mol. The molecule has 1 aromatic heterocycles. The van der Waals surface area contributed by atoms with Crippen molar-refractivity contribution in [2.24, 2.45) is 5.92 Å². The minimum Gasteiger partial charge on any atom is -0.487 e. The van der Waals surface area contributed by atoms with E-state index in [4.69, 9.17) is 9.84 Å². The van der Waals surface area contributed by atoms with Gasteiger partial charge in [0.1, 0.15) is 17.4 Å². The van der Waals surface area contributed by atoms with Crippen LogP contribution in [0.3, 0.4) is 0 Å². The van der Waals surface area contributed by atoms with Crippen LogP contribution in [0.2, 0.25) is 0 Å². The van der Waals surface area contributed by atoms with E-state index in [0.717, 1.165) is 22.4 Å². The first kappa shape index (κ1) is 23.5. The number of carbonyl (C=O) groups is 1. The molecule has 0 bridgehead atoms. The molecule has 0 saturated carbocycles. The number of hydrogen-bond acceptors (Lipinski definition) is 4. The van der Waals surface area contributed by atoms with Crippen molar-refractivity contribution in [2.75, 3.05) is 10.8 Å². The van der Waals surface area contributed by atoms with Crippen molar-refractivity contribution in [3.8, 4) is 5.75 Å². The molecule has 6 nitrogen and oxygen atoms in total. The van der Waals surface area contributed by atoms with Crippen LogP contribution in [0.25, 0.3) is 0 Å². The van der Waals surface area contributed by atoms with E-state index in [1.54, 1.807) is 42.6 Å². The number of rotatable bonds is 9. The molecule has 0 amide bonds. The van der Waals surface area contributed by atoms with E-state index in [2.05, 4.69) is 18.8 Å². The van der Waals surface area contributed by atoms with Gasteiger partial charge in [0.25, 0.3) is 0 Å². The SMILES string of the molecule is Cc1cc(OCc2ccc(C(=O)O)cc2)c(N(CC(C)C)S(=O)c2ccccn2)cc1C. The number of anilines is 1. The van der Waals surface area contributed by atoms with Crippen LogP contribution in [0.1, 0.15) is 40.9 Å². The van der Waals surface area contributed by atoms with Gasteiger partial charge < -0.3 is 9.84 Å².